The molecule has 2 amide bonds. The number of rotatable bonds is 1. The molecule has 2 aliphatic carbocycles. The van der Waals surface area contributed by atoms with Crippen molar-refractivity contribution in [1.29, 1.82) is 0 Å². The fourth-order valence-corrected chi connectivity index (χ4v) is 6.30. The number of carbonyl (C=O) groups is 2. The van der Waals surface area contributed by atoms with Crippen molar-refractivity contribution < 1.29 is 14.7 Å². The molecule has 2 saturated carbocycles. The number of anilines is 1. The minimum Gasteiger partial charge on any atom is -0.506 e. The lowest BCUT2D eigenvalue weighted by atomic mass is 9.81. The van der Waals surface area contributed by atoms with Gasteiger partial charge >= 0.3 is 0 Å². The number of phenols is 1. The first-order valence-electron chi connectivity index (χ1n) is 7.06. The van der Waals surface area contributed by atoms with Gasteiger partial charge in [0.1, 0.15) is 5.75 Å². The second-order valence-electron chi connectivity index (χ2n) is 6.15. The number of fused-ring (bicyclic) bond motifs is 5. The monoisotopic (exact) mass is 447 g/mol. The maximum Gasteiger partial charge on any atom is 0.238 e. The molecule has 7 heteroatoms. The zero-order valence-electron chi connectivity index (χ0n) is 11.2. The third-order valence-electron chi connectivity index (χ3n) is 5.17. The standard InChI is InChI=1S/C15H12Br2ClNO3/c16-12-6-4-7(13(12)17)11-10(6)14(21)19(15(11)22)8-3-5(18)1-2-9(8)20/h1-3,6-7,10-13,20H,4H2/t6-,7+,10-,11-,12-,13+/m0/s1. The van der Waals surface area contributed by atoms with E-state index in [4.69, 9.17) is 11.6 Å². The Hall–Kier alpha value is -0.590. The predicted octanol–water partition coefficient (Wildman–Crippen LogP) is 3.33. The van der Waals surface area contributed by atoms with Crippen LogP contribution in [0.1, 0.15) is 6.42 Å². The highest BCUT2D eigenvalue weighted by Gasteiger charge is 2.66. The van der Waals surface area contributed by atoms with Gasteiger partial charge in [-0.15, -0.1) is 0 Å². The summed E-state index contributed by atoms with van der Waals surface area (Å²) in [6.45, 7) is 0. The van der Waals surface area contributed by atoms with Crippen LogP contribution in [0.25, 0.3) is 0 Å². The van der Waals surface area contributed by atoms with Crippen LogP contribution in [0.15, 0.2) is 18.2 Å². The third-order valence-corrected chi connectivity index (χ3v) is 8.61. The highest BCUT2D eigenvalue weighted by atomic mass is 79.9. The largest absolute Gasteiger partial charge is 0.506 e. The number of amides is 2. The number of hydrogen-bond acceptors (Lipinski definition) is 3. The van der Waals surface area contributed by atoms with E-state index in [1.165, 1.54) is 18.2 Å². The molecule has 0 unspecified atom stereocenters. The van der Waals surface area contributed by atoms with Gasteiger partial charge in [0, 0.05) is 14.7 Å². The zero-order chi connectivity index (χ0) is 15.8. The predicted molar refractivity (Wildman–Crippen MR) is 89.6 cm³/mol. The number of halogens is 3. The number of nitrogens with zero attached hydrogens (tertiary/aromatic N) is 1. The van der Waals surface area contributed by atoms with E-state index in [9.17, 15) is 14.7 Å². The van der Waals surface area contributed by atoms with Crippen LogP contribution in [0.5, 0.6) is 5.75 Å². The molecule has 3 fully saturated rings. The minimum absolute atomic E-state index is 0.107. The highest BCUT2D eigenvalue weighted by molar-refractivity contribution is 9.12. The molecule has 1 N–H and O–H groups in total. The minimum atomic E-state index is -0.297. The lowest BCUT2D eigenvalue weighted by Crippen LogP contribution is -2.37. The van der Waals surface area contributed by atoms with Crippen molar-refractivity contribution in [2.24, 2.45) is 23.7 Å². The Balaban J connectivity index is 1.77. The molecule has 2 bridgehead atoms. The van der Waals surface area contributed by atoms with Gasteiger partial charge in [0.25, 0.3) is 0 Å². The van der Waals surface area contributed by atoms with E-state index in [0.717, 1.165) is 11.3 Å². The molecule has 3 aliphatic rings. The number of benzene rings is 1. The number of alkyl halides is 2. The van der Waals surface area contributed by atoms with Crippen LogP contribution >= 0.6 is 43.5 Å². The molecule has 1 saturated heterocycles. The fraction of sp³-hybridized carbons (Fsp3) is 0.467. The Morgan fingerprint density at radius 3 is 2.18 bits per heavy atom. The smallest absolute Gasteiger partial charge is 0.238 e. The maximum absolute atomic E-state index is 12.8. The lowest BCUT2D eigenvalue weighted by molar-refractivity contribution is -0.123. The van der Waals surface area contributed by atoms with Crippen molar-refractivity contribution in [2.45, 2.75) is 16.1 Å². The summed E-state index contributed by atoms with van der Waals surface area (Å²) in [6, 6.07) is 4.40. The van der Waals surface area contributed by atoms with Gasteiger partial charge in [0.15, 0.2) is 0 Å². The Kier molecular flexibility index (Phi) is 3.37. The maximum atomic E-state index is 12.8. The number of hydrogen-bond donors (Lipinski definition) is 1. The van der Waals surface area contributed by atoms with Crippen molar-refractivity contribution >= 4 is 61.0 Å². The van der Waals surface area contributed by atoms with Crippen molar-refractivity contribution in [3.63, 3.8) is 0 Å². The third kappa shape index (κ3) is 1.80. The van der Waals surface area contributed by atoms with Crippen LogP contribution < -0.4 is 4.90 Å². The van der Waals surface area contributed by atoms with Gasteiger partial charge in [-0.1, -0.05) is 43.5 Å². The normalized spacial score (nSPS) is 39.7. The van der Waals surface area contributed by atoms with Crippen molar-refractivity contribution in [2.75, 3.05) is 4.90 Å². The van der Waals surface area contributed by atoms with Gasteiger partial charge in [0.2, 0.25) is 11.8 Å². The molecule has 22 heavy (non-hydrogen) atoms. The Bertz CT molecular complexity index is 665. The second kappa shape index (κ2) is 4.95. The van der Waals surface area contributed by atoms with Crippen LogP contribution in [-0.2, 0) is 9.59 Å². The molecule has 0 aromatic heterocycles. The summed E-state index contributed by atoms with van der Waals surface area (Å²) in [6.07, 6.45) is 0.883. The van der Waals surface area contributed by atoms with Crippen LogP contribution in [0.4, 0.5) is 5.69 Å². The van der Waals surface area contributed by atoms with E-state index < -0.39 is 0 Å². The van der Waals surface area contributed by atoms with Crippen molar-refractivity contribution in [3.8, 4) is 5.75 Å². The van der Waals surface area contributed by atoms with E-state index in [2.05, 4.69) is 31.9 Å². The fourth-order valence-electron chi connectivity index (χ4n) is 4.26. The average Bonchev–Trinajstić information content (AvgIpc) is 3.07. The average molecular weight is 450 g/mol. The molecule has 1 aliphatic heterocycles. The summed E-state index contributed by atoms with van der Waals surface area (Å²) in [5.74, 6) is -0.829. The summed E-state index contributed by atoms with van der Waals surface area (Å²) in [7, 11) is 0. The van der Waals surface area contributed by atoms with Crippen molar-refractivity contribution in [3.05, 3.63) is 23.2 Å². The Labute approximate surface area is 149 Å². The van der Waals surface area contributed by atoms with Gasteiger partial charge < -0.3 is 5.11 Å². The zero-order valence-corrected chi connectivity index (χ0v) is 15.2. The van der Waals surface area contributed by atoms with Gasteiger partial charge in [-0.05, 0) is 36.5 Å². The summed E-state index contributed by atoms with van der Waals surface area (Å²) in [5.41, 5.74) is 0.188. The van der Waals surface area contributed by atoms with E-state index in [1.807, 2.05) is 0 Å². The van der Waals surface area contributed by atoms with E-state index in [0.29, 0.717) is 5.02 Å². The van der Waals surface area contributed by atoms with E-state index in [-0.39, 0.29) is 56.6 Å². The molecule has 4 rings (SSSR count). The first-order valence-corrected chi connectivity index (χ1v) is 9.27. The van der Waals surface area contributed by atoms with Crippen LogP contribution in [-0.4, -0.2) is 26.6 Å². The lowest BCUT2D eigenvalue weighted by Gasteiger charge is -2.28. The number of carbonyl (C=O) groups excluding carboxylic acids is 2. The Morgan fingerprint density at radius 1 is 1.09 bits per heavy atom. The topological polar surface area (TPSA) is 57.6 Å². The second-order valence-corrected chi connectivity index (χ2v) is 8.70. The molecule has 1 aromatic rings. The van der Waals surface area contributed by atoms with Gasteiger partial charge in [-0.2, -0.15) is 0 Å². The van der Waals surface area contributed by atoms with Gasteiger partial charge in [-0.3, -0.25) is 9.59 Å². The number of phenolic OH excluding ortho intramolecular Hbond substituents is 1. The number of aromatic hydroxyl groups is 1. The molecular formula is C15H12Br2ClNO3. The first kappa shape index (κ1) is 15.0. The van der Waals surface area contributed by atoms with Crippen LogP contribution in [0, 0.1) is 23.7 Å². The number of imide groups is 1. The van der Waals surface area contributed by atoms with Crippen LogP contribution in [0.3, 0.4) is 0 Å². The summed E-state index contributed by atoms with van der Waals surface area (Å²) in [4.78, 5) is 27.2. The SMILES string of the molecule is O=C1[C@H]2[C@@H]3C[C@@H]([C@@H](Br)[C@H]3Br)[C@@H]2C(=O)N1c1cc(Cl)ccc1O. The molecule has 0 spiro atoms. The summed E-state index contributed by atoms with van der Waals surface area (Å²) < 4.78 is 0. The molecule has 1 aromatic carbocycles. The van der Waals surface area contributed by atoms with Gasteiger partial charge in [-0.25, -0.2) is 4.90 Å². The first-order chi connectivity index (χ1) is 10.4. The highest BCUT2D eigenvalue weighted by Crippen LogP contribution is 2.60. The molecule has 116 valence electrons. The van der Waals surface area contributed by atoms with E-state index in [1.54, 1.807) is 0 Å². The molecule has 6 atom stereocenters. The summed E-state index contributed by atoms with van der Waals surface area (Å²) >= 11 is 13.2. The van der Waals surface area contributed by atoms with Gasteiger partial charge in [0.05, 0.1) is 17.5 Å². The quantitative estimate of drug-likeness (QED) is 0.529. The molecule has 4 nitrogen and oxygen atoms in total. The molecular weight excluding hydrogens is 437 g/mol. The van der Waals surface area contributed by atoms with E-state index >= 15 is 0 Å². The van der Waals surface area contributed by atoms with Crippen LogP contribution in [0.2, 0.25) is 5.02 Å². The van der Waals surface area contributed by atoms with Crippen molar-refractivity contribution in [1.82, 2.24) is 0 Å². The molecule has 1 heterocycles. The summed E-state index contributed by atoms with van der Waals surface area (Å²) in [5, 5.41) is 10.4. The molecule has 0 radical (unpaired) electrons. The Morgan fingerprint density at radius 2 is 1.64 bits per heavy atom.